The van der Waals surface area contributed by atoms with E-state index in [1.165, 1.54) is 0 Å². The second kappa shape index (κ2) is 7.88. The van der Waals surface area contributed by atoms with Crippen LogP contribution < -0.4 is 10.7 Å². The number of nitrogens with one attached hydrogen (secondary N) is 2. The monoisotopic (exact) mass is 356 g/mol. The molecule has 0 unspecified atom stereocenters. The number of benzene rings is 2. The highest BCUT2D eigenvalue weighted by molar-refractivity contribution is 6.39. The van der Waals surface area contributed by atoms with Crippen molar-refractivity contribution in [2.75, 3.05) is 5.32 Å². The van der Waals surface area contributed by atoms with Crippen molar-refractivity contribution in [1.29, 1.82) is 0 Å². The number of hydrogen-bond donors (Lipinski definition) is 3. The van der Waals surface area contributed by atoms with Crippen LogP contribution in [0.3, 0.4) is 0 Å². The Hall–Kier alpha value is -3.75. The zero-order valence-corrected chi connectivity index (χ0v) is 14.0. The van der Waals surface area contributed by atoms with E-state index in [9.17, 15) is 24.8 Å². The van der Waals surface area contributed by atoms with Gasteiger partial charge in [0.2, 0.25) is 0 Å². The summed E-state index contributed by atoms with van der Waals surface area (Å²) < 4.78 is 0. The van der Waals surface area contributed by atoms with Crippen molar-refractivity contribution in [3.63, 3.8) is 0 Å². The maximum atomic E-state index is 11.9. The van der Waals surface area contributed by atoms with Crippen LogP contribution in [0.15, 0.2) is 41.5 Å². The Bertz CT molecular complexity index is 908. The first-order chi connectivity index (χ1) is 12.3. The number of anilines is 1. The fraction of sp³-hybridized carbons (Fsp3) is 0.118. The Kier molecular flexibility index (Phi) is 5.63. The number of non-ortho nitro benzene ring substituents is 1. The highest BCUT2D eigenvalue weighted by atomic mass is 16.6. The van der Waals surface area contributed by atoms with Crippen LogP contribution in [0, 0.1) is 24.0 Å². The number of nitrogens with zero attached hydrogens (tertiary/aromatic N) is 2. The predicted molar refractivity (Wildman–Crippen MR) is 95.0 cm³/mol. The summed E-state index contributed by atoms with van der Waals surface area (Å²) in [6.45, 7) is 3.69. The molecule has 9 nitrogen and oxygen atoms in total. The van der Waals surface area contributed by atoms with Gasteiger partial charge in [-0.05, 0) is 37.1 Å². The Morgan fingerprint density at radius 3 is 2.62 bits per heavy atom. The van der Waals surface area contributed by atoms with Gasteiger partial charge in [0.05, 0.1) is 11.1 Å². The molecule has 2 rings (SSSR count). The first kappa shape index (κ1) is 18.6. The summed E-state index contributed by atoms with van der Waals surface area (Å²) in [5.41, 5.74) is 4.07. The Morgan fingerprint density at radius 2 is 1.92 bits per heavy atom. The molecule has 0 aliphatic rings. The van der Waals surface area contributed by atoms with E-state index in [0.717, 1.165) is 35.5 Å². The molecule has 2 amide bonds. The fourth-order valence-electron chi connectivity index (χ4n) is 2.04. The van der Waals surface area contributed by atoms with E-state index in [2.05, 4.69) is 10.4 Å². The minimum absolute atomic E-state index is 0.0226. The van der Waals surface area contributed by atoms with Crippen LogP contribution in [0.5, 0.6) is 5.75 Å². The van der Waals surface area contributed by atoms with Crippen LogP contribution in [0.25, 0.3) is 0 Å². The van der Waals surface area contributed by atoms with Crippen LogP contribution in [-0.4, -0.2) is 28.1 Å². The lowest BCUT2D eigenvalue weighted by Crippen LogP contribution is -2.32. The molecule has 0 saturated heterocycles. The average Bonchev–Trinajstić information content (AvgIpc) is 2.60. The molecular formula is C17H16N4O5. The Labute approximate surface area is 148 Å². The Balaban J connectivity index is 2.03. The van der Waals surface area contributed by atoms with Gasteiger partial charge in [-0.2, -0.15) is 5.10 Å². The molecule has 0 aliphatic carbocycles. The molecule has 0 radical (unpaired) electrons. The van der Waals surface area contributed by atoms with Crippen molar-refractivity contribution in [1.82, 2.24) is 5.43 Å². The zero-order valence-electron chi connectivity index (χ0n) is 14.0. The smallest absolute Gasteiger partial charge is 0.329 e. The second-order valence-corrected chi connectivity index (χ2v) is 5.40. The first-order valence-corrected chi connectivity index (χ1v) is 7.47. The van der Waals surface area contributed by atoms with Crippen LogP contribution in [0.1, 0.15) is 16.7 Å². The van der Waals surface area contributed by atoms with Gasteiger partial charge in [0, 0.05) is 23.4 Å². The number of phenolic OH excluding ortho intramolecular Hbond substituents is 1. The van der Waals surface area contributed by atoms with E-state index < -0.39 is 16.7 Å². The number of phenols is 1. The highest BCUT2D eigenvalue weighted by Gasteiger charge is 2.14. The maximum absolute atomic E-state index is 11.9. The van der Waals surface area contributed by atoms with Gasteiger partial charge >= 0.3 is 11.8 Å². The van der Waals surface area contributed by atoms with Gasteiger partial charge in [-0.25, -0.2) is 5.43 Å². The second-order valence-electron chi connectivity index (χ2n) is 5.40. The third-order valence-corrected chi connectivity index (χ3v) is 3.65. The summed E-state index contributed by atoms with van der Waals surface area (Å²) in [7, 11) is 0. The number of hydrazone groups is 1. The number of carbonyl (C=O) groups is 2. The molecule has 134 valence electrons. The minimum Gasteiger partial charge on any atom is -0.507 e. The van der Waals surface area contributed by atoms with Crippen LogP contribution in [0.4, 0.5) is 11.4 Å². The molecule has 0 heterocycles. The molecule has 3 N–H and O–H groups in total. The van der Waals surface area contributed by atoms with E-state index in [0.29, 0.717) is 5.69 Å². The van der Waals surface area contributed by atoms with Crippen molar-refractivity contribution in [3.8, 4) is 5.75 Å². The number of hydrogen-bond acceptors (Lipinski definition) is 6. The van der Waals surface area contributed by atoms with Crippen LogP contribution >= 0.6 is 0 Å². The number of carbonyl (C=O) groups excluding carboxylic acids is 2. The van der Waals surface area contributed by atoms with Crippen molar-refractivity contribution in [3.05, 3.63) is 63.2 Å². The summed E-state index contributed by atoms with van der Waals surface area (Å²) >= 11 is 0. The van der Waals surface area contributed by atoms with Crippen molar-refractivity contribution in [2.45, 2.75) is 13.8 Å². The third-order valence-electron chi connectivity index (χ3n) is 3.65. The molecule has 0 aliphatic heterocycles. The van der Waals surface area contributed by atoms with Gasteiger partial charge < -0.3 is 10.4 Å². The highest BCUT2D eigenvalue weighted by Crippen LogP contribution is 2.21. The van der Waals surface area contributed by atoms with Gasteiger partial charge in [-0.15, -0.1) is 0 Å². The fourth-order valence-corrected chi connectivity index (χ4v) is 2.04. The van der Waals surface area contributed by atoms with Crippen molar-refractivity contribution >= 4 is 29.4 Å². The lowest BCUT2D eigenvalue weighted by molar-refractivity contribution is -0.384. The number of rotatable bonds is 4. The van der Waals surface area contributed by atoms with E-state index in [1.807, 2.05) is 25.3 Å². The van der Waals surface area contributed by atoms with E-state index in [1.54, 1.807) is 12.1 Å². The molecule has 26 heavy (non-hydrogen) atoms. The molecule has 0 spiro atoms. The number of amides is 2. The molecule has 0 saturated carbocycles. The largest absolute Gasteiger partial charge is 0.507 e. The molecule has 2 aromatic rings. The topological polar surface area (TPSA) is 134 Å². The number of nitro groups is 1. The SMILES string of the molecule is Cc1cccc(NC(=O)C(=O)N/N=C/c2cc([N+](=O)[O-])ccc2O)c1C. The summed E-state index contributed by atoms with van der Waals surface area (Å²) in [6, 6.07) is 8.64. The third kappa shape index (κ3) is 4.41. The molecule has 0 bridgehead atoms. The zero-order chi connectivity index (χ0) is 19.3. The lowest BCUT2D eigenvalue weighted by atomic mass is 10.1. The van der Waals surface area contributed by atoms with Crippen molar-refractivity contribution < 1.29 is 19.6 Å². The maximum Gasteiger partial charge on any atom is 0.329 e. The predicted octanol–water partition coefficient (Wildman–Crippen LogP) is 2.01. The minimum atomic E-state index is -1.02. The molecular weight excluding hydrogens is 340 g/mol. The van der Waals surface area contributed by atoms with E-state index in [4.69, 9.17) is 0 Å². The van der Waals surface area contributed by atoms with Crippen LogP contribution in [-0.2, 0) is 9.59 Å². The molecule has 9 heteroatoms. The van der Waals surface area contributed by atoms with Crippen molar-refractivity contribution in [2.24, 2.45) is 5.10 Å². The van der Waals surface area contributed by atoms with Gasteiger partial charge in [-0.3, -0.25) is 19.7 Å². The molecule has 0 aromatic heterocycles. The molecule has 0 atom stereocenters. The molecule has 0 fully saturated rings. The molecule has 2 aromatic carbocycles. The number of nitro benzene ring substituents is 1. The number of aryl methyl sites for hydroxylation is 1. The Morgan fingerprint density at radius 1 is 1.19 bits per heavy atom. The summed E-state index contributed by atoms with van der Waals surface area (Å²) in [4.78, 5) is 33.8. The average molecular weight is 356 g/mol. The van der Waals surface area contributed by atoms with E-state index in [-0.39, 0.29) is 17.0 Å². The summed E-state index contributed by atoms with van der Waals surface area (Å²) in [5, 5.41) is 26.4. The quantitative estimate of drug-likeness (QED) is 0.333. The standard InChI is InChI=1S/C17H16N4O5/c1-10-4-3-5-14(11(10)2)19-16(23)17(24)20-18-9-12-8-13(21(25)26)6-7-15(12)22/h3-9,22H,1-2H3,(H,19,23)(H,20,24)/b18-9+. The number of aromatic hydroxyl groups is 1. The van der Waals surface area contributed by atoms with E-state index >= 15 is 0 Å². The first-order valence-electron chi connectivity index (χ1n) is 7.47. The van der Waals surface area contributed by atoms with Gasteiger partial charge in [0.15, 0.2) is 0 Å². The van der Waals surface area contributed by atoms with Gasteiger partial charge in [-0.1, -0.05) is 12.1 Å². The lowest BCUT2D eigenvalue weighted by Gasteiger charge is -2.09. The summed E-state index contributed by atoms with van der Waals surface area (Å²) in [6.07, 6.45) is 1.01. The van der Waals surface area contributed by atoms with Gasteiger partial charge in [0.25, 0.3) is 5.69 Å². The van der Waals surface area contributed by atoms with Crippen LogP contribution in [0.2, 0.25) is 0 Å². The van der Waals surface area contributed by atoms with Gasteiger partial charge in [0.1, 0.15) is 5.75 Å². The normalized spacial score (nSPS) is 10.5. The summed E-state index contributed by atoms with van der Waals surface area (Å²) in [5.74, 6) is -2.19.